The number of hydrogen-bond acceptors (Lipinski definition) is 1. The fourth-order valence-electron chi connectivity index (χ4n) is 1.52. The van der Waals surface area contributed by atoms with Crippen LogP contribution in [0.5, 0.6) is 0 Å². The Balaban J connectivity index is 1.87. The molecule has 0 radical (unpaired) electrons. The van der Waals surface area contributed by atoms with Gasteiger partial charge in [-0.1, -0.05) is 23.7 Å². The summed E-state index contributed by atoms with van der Waals surface area (Å²) < 4.78 is 12.9. The molecule has 2 amide bonds. The summed E-state index contributed by atoms with van der Waals surface area (Å²) in [7, 11) is 0. The van der Waals surface area contributed by atoms with Crippen molar-refractivity contribution < 1.29 is 9.18 Å². The van der Waals surface area contributed by atoms with Crippen molar-refractivity contribution in [1.82, 2.24) is 5.32 Å². The highest BCUT2D eigenvalue weighted by molar-refractivity contribution is 6.30. The van der Waals surface area contributed by atoms with Gasteiger partial charge in [0.25, 0.3) is 0 Å². The van der Waals surface area contributed by atoms with Gasteiger partial charge in [0, 0.05) is 16.9 Å². The van der Waals surface area contributed by atoms with Crippen molar-refractivity contribution in [2.24, 2.45) is 0 Å². The van der Waals surface area contributed by atoms with E-state index in [2.05, 4.69) is 10.6 Å². The average Bonchev–Trinajstić information content (AvgIpc) is 2.41. The van der Waals surface area contributed by atoms with Gasteiger partial charge in [0.15, 0.2) is 0 Å². The Bertz CT molecular complexity index is 626. The maximum absolute atomic E-state index is 12.9. The fraction of sp³-hybridized carbons (Fsp3) is 0. The Morgan fingerprint density at radius 2 is 1.90 bits per heavy atom. The van der Waals surface area contributed by atoms with Crippen LogP contribution in [-0.4, -0.2) is 6.03 Å². The minimum atomic E-state index is -0.389. The first-order chi connectivity index (χ1) is 9.63. The van der Waals surface area contributed by atoms with Crippen molar-refractivity contribution in [3.05, 3.63) is 71.1 Å². The zero-order chi connectivity index (χ0) is 14.4. The molecule has 0 saturated heterocycles. The SMILES string of the molecule is O=C(N/C=C/c1cccc(F)c1)Nc1ccc(Cl)cc1. The number of rotatable bonds is 3. The standard InChI is InChI=1S/C15H12ClFN2O/c16-12-4-6-14(7-5-12)19-15(20)18-9-8-11-2-1-3-13(17)10-11/h1-10H,(H2,18,19,20)/b9-8+. The summed E-state index contributed by atoms with van der Waals surface area (Å²) in [6, 6.07) is 12.4. The van der Waals surface area contributed by atoms with E-state index in [1.807, 2.05) is 0 Å². The number of amides is 2. The molecule has 0 heterocycles. The summed E-state index contributed by atoms with van der Waals surface area (Å²) in [4.78, 5) is 11.6. The van der Waals surface area contributed by atoms with E-state index in [-0.39, 0.29) is 11.8 Å². The van der Waals surface area contributed by atoms with Crippen molar-refractivity contribution in [2.75, 3.05) is 5.32 Å². The van der Waals surface area contributed by atoms with E-state index in [1.165, 1.54) is 18.3 Å². The Kier molecular flexibility index (Phi) is 4.74. The molecule has 2 rings (SSSR count). The van der Waals surface area contributed by atoms with Crippen LogP contribution in [-0.2, 0) is 0 Å². The molecule has 0 bridgehead atoms. The van der Waals surface area contributed by atoms with Gasteiger partial charge in [-0.25, -0.2) is 9.18 Å². The molecule has 0 aliphatic heterocycles. The lowest BCUT2D eigenvalue weighted by molar-refractivity contribution is 0.255. The van der Waals surface area contributed by atoms with Crippen LogP contribution in [0, 0.1) is 5.82 Å². The van der Waals surface area contributed by atoms with Gasteiger partial charge in [-0.15, -0.1) is 0 Å². The van der Waals surface area contributed by atoms with E-state index in [1.54, 1.807) is 42.5 Å². The lowest BCUT2D eigenvalue weighted by Crippen LogP contribution is -2.23. The molecular formula is C15H12ClFN2O. The van der Waals surface area contributed by atoms with E-state index in [0.29, 0.717) is 16.3 Å². The van der Waals surface area contributed by atoms with Gasteiger partial charge in [-0.05, 0) is 48.0 Å². The van der Waals surface area contributed by atoms with Crippen LogP contribution in [0.2, 0.25) is 5.02 Å². The monoisotopic (exact) mass is 290 g/mol. The molecule has 0 saturated carbocycles. The fourth-order valence-corrected chi connectivity index (χ4v) is 1.65. The van der Waals surface area contributed by atoms with Crippen molar-refractivity contribution in [3.8, 4) is 0 Å². The highest BCUT2D eigenvalue weighted by Gasteiger charge is 1.98. The molecule has 3 nitrogen and oxygen atoms in total. The summed E-state index contributed by atoms with van der Waals surface area (Å²) in [6.45, 7) is 0. The predicted molar refractivity (Wildman–Crippen MR) is 79.0 cm³/mol. The van der Waals surface area contributed by atoms with Crippen LogP contribution in [0.1, 0.15) is 5.56 Å². The molecule has 0 spiro atoms. The number of halogens is 2. The van der Waals surface area contributed by atoms with E-state index in [0.717, 1.165) is 0 Å². The number of urea groups is 1. The number of anilines is 1. The van der Waals surface area contributed by atoms with Gasteiger partial charge in [0.05, 0.1) is 0 Å². The summed E-state index contributed by atoms with van der Waals surface area (Å²) >= 11 is 5.74. The molecule has 0 aromatic heterocycles. The zero-order valence-electron chi connectivity index (χ0n) is 10.4. The highest BCUT2D eigenvalue weighted by atomic mass is 35.5. The van der Waals surface area contributed by atoms with Gasteiger partial charge in [-0.2, -0.15) is 0 Å². The van der Waals surface area contributed by atoms with Crippen molar-refractivity contribution in [1.29, 1.82) is 0 Å². The lowest BCUT2D eigenvalue weighted by atomic mass is 10.2. The van der Waals surface area contributed by atoms with Crippen LogP contribution in [0.4, 0.5) is 14.9 Å². The predicted octanol–water partition coefficient (Wildman–Crippen LogP) is 4.27. The molecule has 0 fully saturated rings. The van der Waals surface area contributed by atoms with E-state index >= 15 is 0 Å². The molecule has 0 atom stereocenters. The third-order valence-corrected chi connectivity index (χ3v) is 2.69. The van der Waals surface area contributed by atoms with E-state index < -0.39 is 0 Å². The number of carbonyl (C=O) groups excluding carboxylic acids is 1. The van der Waals surface area contributed by atoms with Gasteiger partial charge in [0.1, 0.15) is 5.82 Å². The molecule has 0 unspecified atom stereocenters. The summed E-state index contributed by atoms with van der Waals surface area (Å²) in [5, 5.41) is 5.76. The second kappa shape index (κ2) is 6.73. The largest absolute Gasteiger partial charge is 0.323 e. The van der Waals surface area contributed by atoms with Crippen molar-refractivity contribution in [2.45, 2.75) is 0 Å². The van der Waals surface area contributed by atoms with Crippen molar-refractivity contribution >= 4 is 29.4 Å². The second-order valence-corrected chi connectivity index (χ2v) is 4.43. The molecule has 2 N–H and O–H groups in total. The summed E-state index contributed by atoms with van der Waals surface area (Å²) in [6.07, 6.45) is 3.05. The number of hydrogen-bond donors (Lipinski definition) is 2. The molecule has 0 aliphatic carbocycles. The maximum Gasteiger partial charge on any atom is 0.323 e. The minimum absolute atomic E-state index is 0.322. The van der Waals surface area contributed by atoms with Crippen LogP contribution >= 0.6 is 11.6 Å². The lowest BCUT2D eigenvalue weighted by Gasteiger charge is -2.04. The molecule has 0 aliphatic rings. The first kappa shape index (κ1) is 14.1. The molecule has 2 aromatic carbocycles. The van der Waals surface area contributed by atoms with Gasteiger partial charge < -0.3 is 10.6 Å². The van der Waals surface area contributed by atoms with Crippen LogP contribution in [0.3, 0.4) is 0 Å². The quantitative estimate of drug-likeness (QED) is 0.871. The van der Waals surface area contributed by atoms with Crippen LogP contribution in [0.25, 0.3) is 6.08 Å². The first-order valence-corrected chi connectivity index (χ1v) is 6.26. The second-order valence-electron chi connectivity index (χ2n) is 3.99. The Labute approximate surface area is 121 Å². The number of benzene rings is 2. The van der Waals surface area contributed by atoms with Gasteiger partial charge in [-0.3, -0.25) is 0 Å². The van der Waals surface area contributed by atoms with Crippen LogP contribution < -0.4 is 10.6 Å². The summed E-state index contributed by atoms with van der Waals surface area (Å²) in [5.74, 6) is -0.322. The molecule has 2 aromatic rings. The highest BCUT2D eigenvalue weighted by Crippen LogP contribution is 2.13. The summed E-state index contributed by atoms with van der Waals surface area (Å²) in [5.41, 5.74) is 1.29. The van der Waals surface area contributed by atoms with Gasteiger partial charge in [0.2, 0.25) is 0 Å². The maximum atomic E-state index is 12.9. The Morgan fingerprint density at radius 3 is 2.60 bits per heavy atom. The van der Waals surface area contributed by atoms with Gasteiger partial charge >= 0.3 is 6.03 Å². The Hall–Kier alpha value is -2.33. The van der Waals surface area contributed by atoms with Crippen LogP contribution in [0.15, 0.2) is 54.7 Å². The molecule has 20 heavy (non-hydrogen) atoms. The number of carbonyl (C=O) groups is 1. The Morgan fingerprint density at radius 1 is 1.15 bits per heavy atom. The van der Waals surface area contributed by atoms with Crippen molar-refractivity contribution in [3.63, 3.8) is 0 Å². The third-order valence-electron chi connectivity index (χ3n) is 2.44. The zero-order valence-corrected chi connectivity index (χ0v) is 11.2. The third kappa shape index (κ3) is 4.40. The molecule has 5 heteroatoms. The number of nitrogens with one attached hydrogen (secondary N) is 2. The minimum Gasteiger partial charge on any atom is -0.314 e. The topological polar surface area (TPSA) is 41.1 Å². The normalized spacial score (nSPS) is 10.5. The molecular weight excluding hydrogens is 279 g/mol. The molecule has 102 valence electrons. The smallest absolute Gasteiger partial charge is 0.314 e. The van der Waals surface area contributed by atoms with E-state index in [9.17, 15) is 9.18 Å². The average molecular weight is 291 g/mol. The first-order valence-electron chi connectivity index (χ1n) is 5.89. The van der Waals surface area contributed by atoms with E-state index in [4.69, 9.17) is 11.6 Å².